The van der Waals surface area contributed by atoms with E-state index in [1.807, 2.05) is 13.1 Å². The summed E-state index contributed by atoms with van der Waals surface area (Å²) < 4.78 is 1.26. The molecule has 0 radical (unpaired) electrons. The Morgan fingerprint density at radius 1 is 1.33 bits per heavy atom. The average molecular weight is 275 g/mol. The summed E-state index contributed by atoms with van der Waals surface area (Å²) >= 11 is 2.34. The summed E-state index contributed by atoms with van der Waals surface area (Å²) in [4.78, 5) is 4.25. The number of hydrogen-bond donors (Lipinski definition) is 0. The van der Waals surface area contributed by atoms with Gasteiger partial charge in [0.2, 0.25) is 0 Å². The van der Waals surface area contributed by atoms with Crippen LogP contribution < -0.4 is 0 Å². The Bertz CT molecular complexity index is 286. The molecule has 0 aliphatic rings. The highest BCUT2D eigenvalue weighted by Gasteiger charge is 2.16. The van der Waals surface area contributed by atoms with E-state index in [-0.39, 0.29) is 5.41 Å². The maximum atomic E-state index is 4.25. The van der Waals surface area contributed by atoms with Gasteiger partial charge in [-0.2, -0.15) is 0 Å². The molecule has 2 heteroatoms. The number of halogens is 1. The van der Waals surface area contributed by atoms with E-state index < -0.39 is 0 Å². The first-order valence-corrected chi connectivity index (χ1v) is 5.12. The molecule has 1 rings (SSSR count). The number of hydrogen-bond acceptors (Lipinski definition) is 1. The van der Waals surface area contributed by atoms with Crippen molar-refractivity contribution >= 4 is 22.6 Å². The lowest BCUT2D eigenvalue weighted by Crippen LogP contribution is -2.13. The zero-order valence-electron chi connectivity index (χ0n) is 7.98. The van der Waals surface area contributed by atoms with Gasteiger partial charge < -0.3 is 0 Å². The largest absolute Gasteiger partial charge is 0.260 e. The minimum Gasteiger partial charge on any atom is -0.260 e. The van der Waals surface area contributed by atoms with Crippen molar-refractivity contribution in [1.29, 1.82) is 0 Å². The van der Waals surface area contributed by atoms with Gasteiger partial charge in [-0.25, -0.2) is 0 Å². The van der Waals surface area contributed by atoms with Crippen LogP contribution in [0.1, 0.15) is 32.0 Å². The summed E-state index contributed by atoms with van der Waals surface area (Å²) in [6, 6.07) is 2.17. The zero-order chi connectivity index (χ0) is 9.35. The molecule has 0 aliphatic heterocycles. The van der Waals surface area contributed by atoms with Crippen LogP contribution in [-0.2, 0) is 5.41 Å². The standard InChI is InChI=1S/C10H14IN/c1-7-5-8(10(2,3)4)9(11)6-12-7/h5-6H,1-4H3. The maximum absolute atomic E-state index is 4.25. The van der Waals surface area contributed by atoms with Gasteiger partial charge in [-0.1, -0.05) is 20.8 Å². The molecule has 1 nitrogen and oxygen atoms in total. The predicted octanol–water partition coefficient (Wildman–Crippen LogP) is 3.29. The Morgan fingerprint density at radius 3 is 2.33 bits per heavy atom. The summed E-state index contributed by atoms with van der Waals surface area (Å²) in [5.41, 5.74) is 2.71. The Balaban J connectivity index is 3.23. The number of rotatable bonds is 0. The van der Waals surface area contributed by atoms with Crippen LogP contribution in [0.25, 0.3) is 0 Å². The van der Waals surface area contributed by atoms with Crippen molar-refractivity contribution in [3.63, 3.8) is 0 Å². The molecule has 0 aliphatic carbocycles. The van der Waals surface area contributed by atoms with Crippen LogP contribution in [0, 0.1) is 10.5 Å². The number of pyridine rings is 1. The van der Waals surface area contributed by atoms with Crippen molar-refractivity contribution in [3.8, 4) is 0 Å². The van der Waals surface area contributed by atoms with E-state index in [9.17, 15) is 0 Å². The highest BCUT2D eigenvalue weighted by Crippen LogP contribution is 2.26. The van der Waals surface area contributed by atoms with Gasteiger partial charge in [0.05, 0.1) is 0 Å². The minimum absolute atomic E-state index is 0.226. The third kappa shape index (κ3) is 2.19. The van der Waals surface area contributed by atoms with Gasteiger partial charge in [0, 0.05) is 15.5 Å². The molecule has 0 N–H and O–H groups in total. The van der Waals surface area contributed by atoms with Crippen molar-refractivity contribution < 1.29 is 0 Å². The van der Waals surface area contributed by atoms with E-state index in [1.165, 1.54) is 9.13 Å². The fourth-order valence-electron chi connectivity index (χ4n) is 1.12. The molecule has 0 saturated carbocycles. The molecule has 1 aromatic heterocycles. The second-order valence-corrected chi connectivity index (χ2v) is 5.22. The van der Waals surface area contributed by atoms with Gasteiger partial charge in [0.15, 0.2) is 0 Å². The molecule has 0 bridgehead atoms. The summed E-state index contributed by atoms with van der Waals surface area (Å²) in [6.45, 7) is 8.71. The first-order valence-electron chi connectivity index (χ1n) is 4.04. The molecule has 1 aromatic rings. The fraction of sp³-hybridized carbons (Fsp3) is 0.500. The molecule has 0 amide bonds. The van der Waals surface area contributed by atoms with Crippen molar-refractivity contribution in [2.24, 2.45) is 0 Å². The quantitative estimate of drug-likeness (QED) is 0.662. The van der Waals surface area contributed by atoms with Gasteiger partial charge in [0.1, 0.15) is 0 Å². The van der Waals surface area contributed by atoms with E-state index in [2.05, 4.69) is 54.4 Å². The van der Waals surface area contributed by atoms with Crippen LogP contribution in [0.3, 0.4) is 0 Å². The number of nitrogens with zero attached hydrogens (tertiary/aromatic N) is 1. The van der Waals surface area contributed by atoms with Crippen LogP contribution in [0.5, 0.6) is 0 Å². The third-order valence-electron chi connectivity index (χ3n) is 1.80. The Hall–Kier alpha value is -0.120. The van der Waals surface area contributed by atoms with Crippen molar-refractivity contribution in [3.05, 3.63) is 27.1 Å². The smallest absolute Gasteiger partial charge is 0.0407 e. The van der Waals surface area contributed by atoms with E-state index in [1.54, 1.807) is 0 Å². The van der Waals surface area contributed by atoms with Gasteiger partial charge in [-0.05, 0) is 46.6 Å². The predicted molar refractivity (Wildman–Crippen MR) is 60.4 cm³/mol. The maximum Gasteiger partial charge on any atom is 0.0407 e. The van der Waals surface area contributed by atoms with Crippen LogP contribution in [-0.4, -0.2) is 4.98 Å². The lowest BCUT2D eigenvalue weighted by molar-refractivity contribution is 0.585. The highest BCUT2D eigenvalue weighted by atomic mass is 127. The first-order chi connectivity index (χ1) is 5.41. The number of aromatic nitrogens is 1. The van der Waals surface area contributed by atoms with Gasteiger partial charge in [-0.15, -0.1) is 0 Å². The zero-order valence-corrected chi connectivity index (χ0v) is 10.1. The Labute approximate surface area is 87.7 Å². The van der Waals surface area contributed by atoms with Crippen LogP contribution in [0.2, 0.25) is 0 Å². The minimum atomic E-state index is 0.226. The molecule has 1 heterocycles. The molecular formula is C10H14IN. The molecule has 0 saturated heterocycles. The lowest BCUT2D eigenvalue weighted by atomic mass is 9.87. The van der Waals surface area contributed by atoms with E-state index in [0.717, 1.165) is 5.69 Å². The molecule has 0 aromatic carbocycles. The van der Waals surface area contributed by atoms with Gasteiger partial charge in [-0.3, -0.25) is 4.98 Å². The monoisotopic (exact) mass is 275 g/mol. The summed E-state index contributed by atoms with van der Waals surface area (Å²) in [5, 5.41) is 0. The molecule has 0 spiro atoms. The molecular weight excluding hydrogens is 261 g/mol. The van der Waals surface area contributed by atoms with Gasteiger partial charge >= 0.3 is 0 Å². The topological polar surface area (TPSA) is 12.9 Å². The fourth-order valence-corrected chi connectivity index (χ4v) is 2.22. The molecule has 0 fully saturated rings. The second kappa shape index (κ2) is 3.32. The van der Waals surface area contributed by atoms with E-state index >= 15 is 0 Å². The summed E-state index contributed by atoms with van der Waals surface area (Å²) in [7, 11) is 0. The van der Waals surface area contributed by atoms with Crippen LogP contribution >= 0.6 is 22.6 Å². The van der Waals surface area contributed by atoms with Gasteiger partial charge in [0.25, 0.3) is 0 Å². The van der Waals surface area contributed by atoms with E-state index in [0.29, 0.717) is 0 Å². The van der Waals surface area contributed by atoms with Crippen LogP contribution in [0.15, 0.2) is 12.3 Å². The Kier molecular flexibility index (Phi) is 2.76. The Morgan fingerprint density at radius 2 is 1.92 bits per heavy atom. The van der Waals surface area contributed by atoms with Crippen molar-refractivity contribution in [2.75, 3.05) is 0 Å². The molecule has 12 heavy (non-hydrogen) atoms. The lowest BCUT2D eigenvalue weighted by Gasteiger charge is -2.20. The third-order valence-corrected chi connectivity index (χ3v) is 2.66. The molecule has 0 unspecified atom stereocenters. The second-order valence-electron chi connectivity index (χ2n) is 4.06. The van der Waals surface area contributed by atoms with Crippen molar-refractivity contribution in [2.45, 2.75) is 33.1 Å². The average Bonchev–Trinajstić information content (AvgIpc) is 1.92. The highest BCUT2D eigenvalue weighted by molar-refractivity contribution is 14.1. The number of aryl methyl sites for hydroxylation is 1. The van der Waals surface area contributed by atoms with Crippen molar-refractivity contribution in [1.82, 2.24) is 4.98 Å². The summed E-state index contributed by atoms with van der Waals surface area (Å²) in [5.74, 6) is 0. The molecule has 66 valence electrons. The normalized spacial score (nSPS) is 11.8. The summed E-state index contributed by atoms with van der Waals surface area (Å²) in [6.07, 6.45) is 1.94. The first kappa shape index (κ1) is 9.96. The van der Waals surface area contributed by atoms with E-state index in [4.69, 9.17) is 0 Å². The molecule has 0 atom stereocenters. The SMILES string of the molecule is Cc1cc(C(C)(C)C)c(I)cn1. The van der Waals surface area contributed by atoms with Crippen LogP contribution in [0.4, 0.5) is 0 Å².